The van der Waals surface area contributed by atoms with Gasteiger partial charge in [-0.25, -0.2) is 21.1 Å². The predicted molar refractivity (Wildman–Crippen MR) is 83.8 cm³/mol. The van der Waals surface area contributed by atoms with Crippen molar-refractivity contribution in [2.24, 2.45) is 0 Å². The lowest BCUT2D eigenvalue weighted by Crippen LogP contribution is -2.23. The van der Waals surface area contributed by atoms with Crippen molar-refractivity contribution in [1.82, 2.24) is 4.31 Å². The van der Waals surface area contributed by atoms with E-state index in [1.807, 2.05) is 0 Å². The van der Waals surface area contributed by atoms with Crippen LogP contribution >= 0.6 is 0 Å². The van der Waals surface area contributed by atoms with E-state index in [1.54, 1.807) is 12.1 Å². The van der Waals surface area contributed by atoms with E-state index in [1.165, 1.54) is 26.2 Å². The zero-order chi connectivity index (χ0) is 16.4. The average molecular weight is 347 g/mol. The number of sulfone groups is 1. The van der Waals surface area contributed by atoms with Crippen molar-refractivity contribution in [3.8, 4) is 0 Å². The maximum Gasteiger partial charge on any atom is 0.242 e. The van der Waals surface area contributed by atoms with Gasteiger partial charge in [-0.3, -0.25) is 0 Å². The Morgan fingerprint density at radius 3 is 2.55 bits per heavy atom. The van der Waals surface area contributed by atoms with Crippen molar-refractivity contribution in [1.29, 1.82) is 0 Å². The van der Waals surface area contributed by atoms with Crippen LogP contribution in [0.2, 0.25) is 0 Å². The average Bonchev–Trinajstić information content (AvgIpc) is 2.90. The molecule has 1 aromatic rings. The second kappa shape index (κ2) is 6.66. The predicted octanol–water partition coefficient (Wildman–Crippen LogP) is 1.03. The molecule has 1 saturated heterocycles. The highest BCUT2D eigenvalue weighted by Crippen LogP contribution is 2.19. The first-order valence-electron chi connectivity index (χ1n) is 7.04. The fourth-order valence-electron chi connectivity index (χ4n) is 2.38. The van der Waals surface area contributed by atoms with Crippen LogP contribution in [-0.4, -0.2) is 53.7 Å². The van der Waals surface area contributed by atoms with Crippen LogP contribution in [-0.2, 0) is 30.4 Å². The maximum atomic E-state index is 12.2. The second-order valence-corrected chi connectivity index (χ2v) is 9.89. The number of benzene rings is 1. The van der Waals surface area contributed by atoms with Crippen molar-refractivity contribution in [3.63, 3.8) is 0 Å². The fraction of sp³-hybridized carbons (Fsp3) is 0.571. The molecule has 1 atom stereocenters. The molecule has 0 N–H and O–H groups in total. The van der Waals surface area contributed by atoms with E-state index in [4.69, 9.17) is 4.74 Å². The lowest BCUT2D eigenvalue weighted by atomic mass is 10.2. The van der Waals surface area contributed by atoms with Gasteiger partial charge in [-0.15, -0.1) is 0 Å². The van der Waals surface area contributed by atoms with Crippen LogP contribution in [0.25, 0.3) is 0 Å². The summed E-state index contributed by atoms with van der Waals surface area (Å²) in [5.74, 6) is -0.193. The third-order valence-corrected chi connectivity index (χ3v) is 6.99. The molecule has 8 heteroatoms. The second-order valence-electron chi connectivity index (χ2n) is 5.62. The molecule has 1 heterocycles. The van der Waals surface area contributed by atoms with Crippen molar-refractivity contribution in [3.05, 3.63) is 29.8 Å². The van der Waals surface area contributed by atoms with Gasteiger partial charge in [-0.1, -0.05) is 12.1 Å². The Labute approximate surface area is 132 Å². The third kappa shape index (κ3) is 4.28. The topological polar surface area (TPSA) is 80.8 Å². The van der Waals surface area contributed by atoms with Gasteiger partial charge < -0.3 is 4.74 Å². The molecule has 1 aliphatic heterocycles. The summed E-state index contributed by atoms with van der Waals surface area (Å²) >= 11 is 0. The van der Waals surface area contributed by atoms with Gasteiger partial charge in [0.15, 0.2) is 9.84 Å². The standard InChI is InChI=1S/C14H21NO5S2/c1-15(2)22(18,19)14-7-3-5-12(9-14)10-21(16,17)11-13-6-4-8-20-13/h3,5,7,9,13H,4,6,8,10-11H2,1-2H3/t13-/m1/s1. The number of hydrogen-bond acceptors (Lipinski definition) is 5. The number of hydrogen-bond donors (Lipinski definition) is 0. The Kier molecular flexibility index (Phi) is 5.26. The molecule has 0 aromatic heterocycles. The summed E-state index contributed by atoms with van der Waals surface area (Å²) in [4.78, 5) is 0.0994. The van der Waals surface area contributed by atoms with E-state index >= 15 is 0 Å². The van der Waals surface area contributed by atoms with Gasteiger partial charge in [0.25, 0.3) is 0 Å². The first-order valence-corrected chi connectivity index (χ1v) is 10.3. The summed E-state index contributed by atoms with van der Waals surface area (Å²) in [5, 5.41) is 0. The molecule has 22 heavy (non-hydrogen) atoms. The van der Waals surface area contributed by atoms with Crippen molar-refractivity contribution < 1.29 is 21.6 Å². The molecule has 0 aliphatic carbocycles. The summed E-state index contributed by atoms with van der Waals surface area (Å²) in [6, 6.07) is 6.07. The van der Waals surface area contributed by atoms with Crippen LogP contribution in [0.1, 0.15) is 18.4 Å². The quantitative estimate of drug-likeness (QED) is 0.768. The molecular weight excluding hydrogens is 326 g/mol. The summed E-state index contributed by atoms with van der Waals surface area (Å²) < 4.78 is 55.1. The van der Waals surface area contributed by atoms with Crippen LogP contribution in [0.5, 0.6) is 0 Å². The summed E-state index contributed by atoms with van der Waals surface area (Å²) in [7, 11) is -4.02. The number of sulfonamides is 1. The lowest BCUT2D eigenvalue weighted by molar-refractivity contribution is 0.127. The molecular formula is C14H21NO5S2. The minimum atomic E-state index is -3.56. The summed E-state index contributed by atoms with van der Waals surface area (Å²) in [6.45, 7) is 0.608. The molecule has 1 aromatic carbocycles. The normalized spacial score (nSPS) is 19.7. The number of nitrogens with zero attached hydrogens (tertiary/aromatic N) is 1. The molecule has 0 amide bonds. The van der Waals surface area contributed by atoms with E-state index in [2.05, 4.69) is 0 Å². The monoisotopic (exact) mass is 347 g/mol. The largest absolute Gasteiger partial charge is 0.377 e. The van der Waals surface area contributed by atoms with Crippen LogP contribution in [0.4, 0.5) is 0 Å². The van der Waals surface area contributed by atoms with Gasteiger partial charge >= 0.3 is 0 Å². The van der Waals surface area contributed by atoms with Gasteiger partial charge in [0.2, 0.25) is 10.0 Å². The molecule has 124 valence electrons. The zero-order valence-electron chi connectivity index (χ0n) is 12.7. The smallest absolute Gasteiger partial charge is 0.242 e. The first kappa shape index (κ1) is 17.4. The van der Waals surface area contributed by atoms with Gasteiger partial charge in [-0.05, 0) is 30.5 Å². The Hall–Kier alpha value is -0.960. The van der Waals surface area contributed by atoms with Gasteiger partial charge in [0.1, 0.15) is 0 Å². The van der Waals surface area contributed by atoms with Crippen LogP contribution in [0.15, 0.2) is 29.2 Å². The molecule has 1 aliphatic rings. The zero-order valence-corrected chi connectivity index (χ0v) is 14.4. The van der Waals surface area contributed by atoms with Crippen molar-refractivity contribution >= 4 is 19.9 Å². The molecule has 0 saturated carbocycles. The minimum absolute atomic E-state index is 0.0162. The van der Waals surface area contributed by atoms with Gasteiger partial charge in [-0.2, -0.15) is 0 Å². The van der Waals surface area contributed by atoms with E-state index in [0.29, 0.717) is 12.2 Å². The Morgan fingerprint density at radius 2 is 1.95 bits per heavy atom. The van der Waals surface area contributed by atoms with Crippen LogP contribution in [0, 0.1) is 0 Å². The Balaban J connectivity index is 2.16. The molecule has 0 radical (unpaired) electrons. The van der Waals surface area contributed by atoms with Crippen LogP contribution < -0.4 is 0 Å². The highest BCUT2D eigenvalue weighted by Gasteiger charge is 2.24. The van der Waals surface area contributed by atoms with E-state index in [-0.39, 0.29) is 22.5 Å². The highest BCUT2D eigenvalue weighted by molar-refractivity contribution is 7.90. The van der Waals surface area contributed by atoms with E-state index in [0.717, 1.165) is 17.1 Å². The van der Waals surface area contributed by atoms with Gasteiger partial charge in [0.05, 0.1) is 22.5 Å². The molecule has 1 fully saturated rings. The molecule has 6 nitrogen and oxygen atoms in total. The molecule has 0 bridgehead atoms. The maximum absolute atomic E-state index is 12.2. The van der Waals surface area contributed by atoms with E-state index < -0.39 is 19.9 Å². The highest BCUT2D eigenvalue weighted by atomic mass is 32.2. The van der Waals surface area contributed by atoms with Crippen molar-refractivity contribution in [2.45, 2.75) is 29.6 Å². The number of ether oxygens (including phenoxy) is 1. The van der Waals surface area contributed by atoms with Gasteiger partial charge in [0, 0.05) is 20.7 Å². The Morgan fingerprint density at radius 1 is 1.23 bits per heavy atom. The first-order chi connectivity index (χ1) is 10.2. The lowest BCUT2D eigenvalue weighted by Gasteiger charge is -2.13. The Bertz CT molecular complexity index is 719. The molecule has 2 rings (SSSR count). The molecule has 0 unspecified atom stereocenters. The molecule has 0 spiro atoms. The summed E-state index contributed by atoms with van der Waals surface area (Å²) in [5.41, 5.74) is 0.473. The SMILES string of the molecule is CN(C)S(=O)(=O)c1cccc(CS(=O)(=O)C[C@H]2CCCO2)c1. The van der Waals surface area contributed by atoms with Crippen molar-refractivity contribution in [2.75, 3.05) is 26.5 Å². The third-order valence-electron chi connectivity index (χ3n) is 3.53. The van der Waals surface area contributed by atoms with E-state index in [9.17, 15) is 16.8 Å². The summed E-state index contributed by atoms with van der Waals surface area (Å²) in [6.07, 6.45) is 1.41. The minimum Gasteiger partial charge on any atom is -0.377 e. The number of rotatable bonds is 6. The fourth-order valence-corrected chi connectivity index (χ4v) is 4.99. The van der Waals surface area contributed by atoms with Crippen LogP contribution in [0.3, 0.4) is 0 Å².